The summed E-state index contributed by atoms with van der Waals surface area (Å²) in [4.78, 5) is 38.0. The van der Waals surface area contributed by atoms with Crippen LogP contribution in [-0.4, -0.2) is 68.3 Å². The molecule has 10 heteroatoms. The highest BCUT2D eigenvalue weighted by Gasteiger charge is 2.52. The number of nitrogens with zero attached hydrogens (tertiary/aromatic N) is 1. The van der Waals surface area contributed by atoms with Gasteiger partial charge in [0.15, 0.2) is 0 Å². The van der Waals surface area contributed by atoms with E-state index in [0.717, 1.165) is 24.3 Å². The fourth-order valence-electron chi connectivity index (χ4n) is 3.26. The summed E-state index contributed by atoms with van der Waals surface area (Å²) in [5, 5.41) is 11.4. The Morgan fingerprint density at radius 2 is 1.86 bits per heavy atom. The van der Waals surface area contributed by atoms with Crippen molar-refractivity contribution in [1.29, 1.82) is 0 Å². The molecule has 3 amide bonds. The lowest BCUT2D eigenvalue weighted by atomic mass is 10.1. The summed E-state index contributed by atoms with van der Waals surface area (Å²) in [6.45, 7) is 6.48. The molecule has 0 aliphatic carbocycles. The summed E-state index contributed by atoms with van der Waals surface area (Å²) >= 11 is 3.66. The topological polar surface area (TPSA) is 108 Å². The third-order valence-corrected chi connectivity index (χ3v) is 7.97. The number of unbranched alkanes of at least 4 members (excludes halogenated alkanes) is 2. The van der Waals surface area contributed by atoms with E-state index in [2.05, 4.69) is 5.32 Å². The maximum atomic E-state index is 12.8. The van der Waals surface area contributed by atoms with Gasteiger partial charge in [0.1, 0.15) is 11.6 Å². The quantitative estimate of drug-likeness (QED) is 0.321. The third kappa shape index (κ3) is 6.73. The normalized spacial score (nSPS) is 21.0. The zero-order valence-corrected chi connectivity index (χ0v) is 18.4. The Morgan fingerprint density at radius 3 is 2.46 bits per heavy atom. The summed E-state index contributed by atoms with van der Waals surface area (Å²) in [6.07, 6.45) is 2.60. The molecule has 0 aromatic heterocycles. The molecule has 0 saturated carbocycles. The van der Waals surface area contributed by atoms with Crippen LogP contribution in [0.5, 0.6) is 0 Å². The van der Waals surface area contributed by atoms with Crippen molar-refractivity contribution in [1.82, 2.24) is 15.7 Å². The smallest absolute Gasteiger partial charge is 0.411 e. The third-order valence-electron chi connectivity index (χ3n) is 4.54. The van der Waals surface area contributed by atoms with Gasteiger partial charge >= 0.3 is 6.09 Å². The van der Waals surface area contributed by atoms with Gasteiger partial charge in [0.05, 0.1) is 4.08 Å². The van der Waals surface area contributed by atoms with E-state index in [4.69, 9.17) is 9.94 Å². The van der Waals surface area contributed by atoms with Gasteiger partial charge in [-0.3, -0.25) is 19.7 Å². The number of thioether (sulfide) groups is 2. The van der Waals surface area contributed by atoms with Crippen molar-refractivity contribution in [2.75, 3.05) is 24.6 Å². The van der Waals surface area contributed by atoms with Crippen molar-refractivity contribution in [3.8, 4) is 0 Å². The first-order valence-corrected chi connectivity index (χ1v) is 11.6. The van der Waals surface area contributed by atoms with E-state index in [1.165, 1.54) is 0 Å². The summed E-state index contributed by atoms with van der Waals surface area (Å²) in [7, 11) is 0. The minimum Gasteiger partial charge on any atom is -0.444 e. The maximum absolute atomic E-state index is 12.8. The summed E-state index contributed by atoms with van der Waals surface area (Å²) in [5.41, 5.74) is 0.998. The van der Waals surface area contributed by atoms with Gasteiger partial charge < -0.3 is 10.1 Å². The fraction of sp³-hybridized carbons (Fsp3) is 0.833. The van der Waals surface area contributed by atoms with Crippen LogP contribution >= 0.6 is 23.5 Å². The molecule has 0 radical (unpaired) electrons. The average Bonchev–Trinajstić information content (AvgIpc) is 3.23. The van der Waals surface area contributed by atoms with Crippen LogP contribution in [0.3, 0.4) is 0 Å². The SMILES string of the molecule is CC(C)(C)OC(=O)N1CC2(C[C@H]1C(=O)NCCCCCC(=O)NO)SCCS2. The molecule has 2 aliphatic rings. The number of carbonyl (C=O) groups is 3. The Hall–Kier alpha value is -1.13. The lowest BCUT2D eigenvalue weighted by molar-refractivity contribution is -0.129. The zero-order valence-electron chi connectivity index (χ0n) is 16.8. The van der Waals surface area contributed by atoms with Crippen LogP contribution in [0, 0.1) is 0 Å². The van der Waals surface area contributed by atoms with E-state index < -0.39 is 23.6 Å². The van der Waals surface area contributed by atoms with Crippen molar-refractivity contribution in [3.63, 3.8) is 0 Å². The molecule has 2 heterocycles. The van der Waals surface area contributed by atoms with Crippen LogP contribution in [-0.2, 0) is 14.3 Å². The molecule has 0 bridgehead atoms. The minimum absolute atomic E-state index is 0.115. The Balaban J connectivity index is 1.87. The molecule has 28 heavy (non-hydrogen) atoms. The van der Waals surface area contributed by atoms with E-state index in [1.807, 2.05) is 44.3 Å². The van der Waals surface area contributed by atoms with Crippen molar-refractivity contribution >= 4 is 41.4 Å². The molecular weight excluding hydrogens is 402 g/mol. The van der Waals surface area contributed by atoms with Crippen molar-refractivity contribution in [2.24, 2.45) is 0 Å². The zero-order chi connectivity index (χ0) is 20.8. The van der Waals surface area contributed by atoms with Crippen LogP contribution in [0.2, 0.25) is 0 Å². The minimum atomic E-state index is -0.606. The number of likely N-dealkylation sites (tertiary alicyclic amines) is 1. The largest absolute Gasteiger partial charge is 0.444 e. The molecule has 2 fully saturated rings. The van der Waals surface area contributed by atoms with Crippen molar-refractivity contribution < 1.29 is 24.3 Å². The number of amides is 3. The molecule has 1 atom stereocenters. The summed E-state index contributed by atoms with van der Waals surface area (Å²) in [6, 6.07) is -0.520. The van der Waals surface area contributed by atoms with E-state index >= 15 is 0 Å². The van der Waals surface area contributed by atoms with Crippen molar-refractivity contribution in [2.45, 2.75) is 68.6 Å². The predicted molar refractivity (Wildman–Crippen MR) is 110 cm³/mol. The number of ether oxygens (including phenoxy) is 1. The van der Waals surface area contributed by atoms with E-state index in [0.29, 0.717) is 25.9 Å². The van der Waals surface area contributed by atoms with Crippen molar-refractivity contribution in [3.05, 3.63) is 0 Å². The first-order chi connectivity index (χ1) is 13.2. The number of hydrogen-bond acceptors (Lipinski definition) is 7. The molecule has 160 valence electrons. The van der Waals surface area contributed by atoms with Crippen LogP contribution in [0.15, 0.2) is 0 Å². The number of hydrogen-bond donors (Lipinski definition) is 3. The van der Waals surface area contributed by atoms with Crippen LogP contribution < -0.4 is 10.8 Å². The number of hydroxylamine groups is 1. The molecule has 3 N–H and O–H groups in total. The van der Waals surface area contributed by atoms with Gasteiger partial charge in [0.2, 0.25) is 11.8 Å². The second-order valence-corrected chi connectivity index (χ2v) is 11.3. The number of carbonyl (C=O) groups excluding carboxylic acids is 3. The standard InChI is InChI=1S/C18H31N3O5S2/c1-17(2,3)26-16(24)21-12-18(27-9-10-28-18)11-13(21)15(23)19-8-6-4-5-7-14(22)20-25/h13,25H,4-12H2,1-3H3,(H,19,23)(H,20,22)/t13-/m0/s1. The Labute approximate surface area is 174 Å². The molecule has 2 saturated heterocycles. The van der Waals surface area contributed by atoms with Gasteiger partial charge in [0.25, 0.3) is 0 Å². The van der Waals surface area contributed by atoms with E-state index in [-0.39, 0.29) is 16.4 Å². The van der Waals surface area contributed by atoms with E-state index in [9.17, 15) is 14.4 Å². The monoisotopic (exact) mass is 433 g/mol. The van der Waals surface area contributed by atoms with Gasteiger partial charge in [-0.25, -0.2) is 10.3 Å². The second kappa shape index (κ2) is 10.1. The Bertz CT molecular complexity index is 576. The van der Waals surface area contributed by atoms with Crippen LogP contribution in [0.4, 0.5) is 4.79 Å². The molecule has 2 aliphatic heterocycles. The Kier molecular flexibility index (Phi) is 8.32. The number of rotatable bonds is 7. The lowest BCUT2D eigenvalue weighted by Crippen LogP contribution is -2.47. The molecule has 1 spiro atoms. The van der Waals surface area contributed by atoms with Gasteiger partial charge in [-0.2, -0.15) is 0 Å². The maximum Gasteiger partial charge on any atom is 0.411 e. The first kappa shape index (κ1) is 23.2. The summed E-state index contributed by atoms with van der Waals surface area (Å²) in [5.74, 6) is 1.51. The average molecular weight is 434 g/mol. The number of nitrogens with one attached hydrogen (secondary N) is 2. The van der Waals surface area contributed by atoms with Gasteiger partial charge in [-0.1, -0.05) is 6.42 Å². The van der Waals surface area contributed by atoms with Gasteiger partial charge in [-0.05, 0) is 33.6 Å². The molecular formula is C18H31N3O5S2. The van der Waals surface area contributed by atoms with Crippen LogP contribution in [0.25, 0.3) is 0 Å². The van der Waals surface area contributed by atoms with Crippen LogP contribution in [0.1, 0.15) is 52.9 Å². The lowest BCUT2D eigenvalue weighted by Gasteiger charge is -2.28. The molecule has 8 nitrogen and oxygen atoms in total. The highest BCUT2D eigenvalue weighted by atomic mass is 32.2. The van der Waals surface area contributed by atoms with Gasteiger partial charge in [0, 0.05) is 37.4 Å². The summed E-state index contributed by atoms with van der Waals surface area (Å²) < 4.78 is 5.41. The first-order valence-electron chi connectivity index (χ1n) is 9.64. The molecule has 0 aromatic rings. The Morgan fingerprint density at radius 1 is 1.18 bits per heavy atom. The highest BCUT2D eigenvalue weighted by Crippen LogP contribution is 2.51. The highest BCUT2D eigenvalue weighted by molar-refractivity contribution is 8.21. The molecule has 0 aromatic carbocycles. The fourth-order valence-corrected chi connectivity index (χ4v) is 6.52. The molecule has 0 unspecified atom stereocenters. The second-order valence-electron chi connectivity index (χ2n) is 8.07. The van der Waals surface area contributed by atoms with E-state index in [1.54, 1.807) is 10.4 Å². The predicted octanol–water partition coefficient (Wildman–Crippen LogP) is 2.35. The van der Waals surface area contributed by atoms with Gasteiger partial charge in [-0.15, -0.1) is 23.5 Å². The molecule has 2 rings (SSSR count).